The van der Waals surface area contributed by atoms with Gasteiger partial charge in [-0.2, -0.15) is 0 Å². The quantitative estimate of drug-likeness (QED) is 0.0599. The lowest BCUT2D eigenvalue weighted by molar-refractivity contribution is -0.384. The van der Waals surface area contributed by atoms with Crippen LogP contribution in [0.3, 0.4) is 0 Å². The Morgan fingerprint density at radius 1 is 0.907 bits per heavy atom. The number of nitro groups is 1. The Morgan fingerprint density at radius 3 is 2.23 bits per heavy atom. The van der Waals surface area contributed by atoms with Gasteiger partial charge in [-0.15, -0.1) is 22.7 Å². The first-order valence-corrected chi connectivity index (χ1v) is 19.8. The van der Waals surface area contributed by atoms with E-state index in [1.807, 2.05) is 30.4 Å². The summed E-state index contributed by atoms with van der Waals surface area (Å²) in [6.45, 7) is 15.5. The van der Waals surface area contributed by atoms with Crippen LogP contribution in [0.4, 0.5) is 11.4 Å². The van der Waals surface area contributed by atoms with Crippen LogP contribution in [0.25, 0.3) is 32.0 Å². The molecule has 0 spiro atoms. The van der Waals surface area contributed by atoms with Gasteiger partial charge in [0.05, 0.1) is 4.92 Å². The van der Waals surface area contributed by atoms with E-state index in [0.29, 0.717) is 5.04 Å². The van der Waals surface area contributed by atoms with Gasteiger partial charge in [0.1, 0.15) is 0 Å². The van der Waals surface area contributed by atoms with Crippen molar-refractivity contribution >= 4 is 63.9 Å². The van der Waals surface area contributed by atoms with Gasteiger partial charge in [0.2, 0.25) is 0 Å². The molecule has 43 heavy (non-hydrogen) atoms. The van der Waals surface area contributed by atoms with Gasteiger partial charge < -0.3 is 9.33 Å². The average molecular weight is 635 g/mol. The number of unbranched alkanes of at least 4 members (excludes halogenated alkanes) is 4. The molecule has 0 radical (unpaired) electrons. The first kappa shape index (κ1) is 33.1. The maximum atomic E-state index is 11.0. The number of thiophene rings is 2. The molecule has 2 heterocycles. The summed E-state index contributed by atoms with van der Waals surface area (Å²) in [6.07, 6.45) is 10.3. The van der Waals surface area contributed by atoms with E-state index in [1.54, 1.807) is 23.5 Å². The van der Waals surface area contributed by atoms with Crippen molar-refractivity contribution in [3.8, 4) is 10.4 Å². The highest BCUT2D eigenvalue weighted by molar-refractivity contribution is 7.29. The van der Waals surface area contributed by atoms with E-state index < -0.39 is 8.32 Å². The van der Waals surface area contributed by atoms with Crippen LogP contribution in [0.2, 0.25) is 18.1 Å². The van der Waals surface area contributed by atoms with E-state index in [-0.39, 0.29) is 10.6 Å². The third-order valence-electron chi connectivity index (χ3n) is 8.62. The van der Waals surface area contributed by atoms with E-state index >= 15 is 0 Å². The minimum atomic E-state index is -1.61. The van der Waals surface area contributed by atoms with E-state index in [2.05, 4.69) is 88.3 Å². The number of nitrogens with zero attached hydrogens (tertiary/aromatic N) is 2. The number of anilines is 1. The van der Waals surface area contributed by atoms with Crippen LogP contribution >= 0.6 is 22.7 Å². The molecule has 0 saturated carbocycles. The summed E-state index contributed by atoms with van der Waals surface area (Å²) in [7, 11) is 0.582. The van der Waals surface area contributed by atoms with Crippen molar-refractivity contribution in [3.05, 3.63) is 80.7 Å². The number of fused-ring (bicyclic) bond motifs is 1. The Bertz CT molecular complexity index is 1520. The second-order valence-corrected chi connectivity index (χ2v) is 20.0. The average Bonchev–Trinajstić information content (AvgIpc) is 3.52. The second kappa shape index (κ2) is 14.3. The lowest BCUT2D eigenvalue weighted by atomic mass is 10.1. The molecule has 0 unspecified atom stereocenters. The highest BCUT2D eigenvalue weighted by Gasteiger charge is 2.36. The Labute approximate surface area is 266 Å². The van der Waals surface area contributed by atoms with E-state index in [1.165, 1.54) is 62.5 Å². The smallest absolute Gasteiger partial charge is 0.269 e. The van der Waals surface area contributed by atoms with Crippen LogP contribution < -0.4 is 4.90 Å². The van der Waals surface area contributed by atoms with Crippen LogP contribution in [0.1, 0.15) is 68.9 Å². The molecule has 0 N–H and O–H groups in total. The van der Waals surface area contributed by atoms with Gasteiger partial charge in [-0.25, -0.2) is 0 Å². The number of nitro benzene ring substituents is 1. The van der Waals surface area contributed by atoms with E-state index in [4.69, 9.17) is 4.43 Å². The zero-order valence-corrected chi connectivity index (χ0v) is 29.4. The number of hydrogen-bond donors (Lipinski definition) is 0. The molecule has 4 aromatic rings. The summed E-state index contributed by atoms with van der Waals surface area (Å²) in [4.78, 5) is 15.5. The fourth-order valence-corrected chi connectivity index (χ4v) is 8.15. The number of rotatable bonds is 14. The summed E-state index contributed by atoms with van der Waals surface area (Å²) < 4.78 is 8.88. The lowest BCUT2D eigenvalue weighted by Gasteiger charge is -2.36. The third kappa shape index (κ3) is 8.88. The van der Waals surface area contributed by atoms with Crippen LogP contribution in [0.15, 0.2) is 54.6 Å². The van der Waals surface area contributed by atoms with Gasteiger partial charge in [0, 0.05) is 57.2 Å². The maximum absolute atomic E-state index is 11.0. The molecular weight excluding hydrogens is 589 g/mol. The predicted octanol–water partition coefficient (Wildman–Crippen LogP) is 11.4. The van der Waals surface area contributed by atoms with E-state index in [0.717, 1.165) is 24.3 Å². The van der Waals surface area contributed by atoms with Crippen molar-refractivity contribution in [2.45, 2.75) is 77.9 Å². The largest absolute Gasteiger partial charge is 0.417 e. The van der Waals surface area contributed by atoms with Crippen molar-refractivity contribution < 1.29 is 9.35 Å². The highest BCUT2D eigenvalue weighted by Crippen LogP contribution is 2.39. The molecule has 0 aliphatic rings. The highest BCUT2D eigenvalue weighted by atomic mass is 32.1. The lowest BCUT2D eigenvalue weighted by Crippen LogP contribution is -2.40. The monoisotopic (exact) mass is 634 g/mol. The SMILES string of the molecule is Cc1cc([N+](=O)[O-])ccc1/C=C/c1cc2sc(-c3ccc(N(C)CCCCCCCO[Si](C)(C)C(C)(C)C)cc3)cc2s1. The first-order chi connectivity index (χ1) is 20.3. The Kier molecular flexibility index (Phi) is 11.0. The van der Waals surface area contributed by atoms with Crippen LogP contribution in [0.5, 0.6) is 0 Å². The molecule has 230 valence electrons. The minimum Gasteiger partial charge on any atom is -0.417 e. The number of aryl methyl sites for hydroxylation is 1. The van der Waals surface area contributed by atoms with Crippen molar-refractivity contribution in [2.75, 3.05) is 25.1 Å². The molecule has 0 aliphatic carbocycles. The number of hydrogen-bond acceptors (Lipinski definition) is 6. The first-order valence-electron chi connectivity index (χ1n) is 15.3. The van der Waals surface area contributed by atoms with Crippen molar-refractivity contribution in [3.63, 3.8) is 0 Å². The summed E-state index contributed by atoms with van der Waals surface area (Å²) in [5.41, 5.74) is 4.54. The van der Waals surface area contributed by atoms with Crippen LogP contribution in [-0.4, -0.2) is 33.4 Å². The van der Waals surface area contributed by atoms with Crippen molar-refractivity contribution in [2.24, 2.45) is 0 Å². The van der Waals surface area contributed by atoms with Gasteiger partial charge in [-0.1, -0.05) is 58.2 Å². The van der Waals surface area contributed by atoms with Gasteiger partial charge in [0.15, 0.2) is 8.32 Å². The topological polar surface area (TPSA) is 55.6 Å². The molecule has 0 saturated heterocycles. The van der Waals surface area contributed by atoms with Crippen LogP contribution in [0, 0.1) is 17.0 Å². The molecule has 0 bridgehead atoms. The molecule has 2 aromatic heterocycles. The van der Waals surface area contributed by atoms with Gasteiger partial charge >= 0.3 is 0 Å². The van der Waals surface area contributed by atoms with Crippen molar-refractivity contribution in [1.29, 1.82) is 0 Å². The Morgan fingerprint density at radius 2 is 1.58 bits per heavy atom. The molecule has 0 amide bonds. The van der Waals surface area contributed by atoms with Crippen molar-refractivity contribution in [1.82, 2.24) is 0 Å². The molecule has 5 nitrogen and oxygen atoms in total. The molecule has 0 atom stereocenters. The molecular formula is C35H46N2O3S2Si. The summed E-state index contributed by atoms with van der Waals surface area (Å²) >= 11 is 3.60. The molecule has 0 fully saturated rings. The molecule has 8 heteroatoms. The maximum Gasteiger partial charge on any atom is 0.269 e. The predicted molar refractivity (Wildman–Crippen MR) is 191 cm³/mol. The van der Waals surface area contributed by atoms with Gasteiger partial charge in [0.25, 0.3) is 5.69 Å². The third-order valence-corrected chi connectivity index (χ3v) is 15.5. The van der Waals surface area contributed by atoms with Crippen LogP contribution in [-0.2, 0) is 4.43 Å². The molecule has 0 aliphatic heterocycles. The zero-order chi connectivity index (χ0) is 31.2. The fraction of sp³-hybridized carbons (Fsp3) is 0.429. The fourth-order valence-electron chi connectivity index (χ4n) is 4.75. The summed E-state index contributed by atoms with van der Waals surface area (Å²) in [5.74, 6) is 0. The Hall–Kier alpha value is -2.78. The minimum absolute atomic E-state index is 0.128. The molecule has 4 rings (SSSR count). The normalized spacial score (nSPS) is 12.4. The van der Waals surface area contributed by atoms with Gasteiger partial charge in [-0.05, 0) is 91.0 Å². The number of benzene rings is 2. The standard InChI is InChI=1S/C35H46N2O3S2Si/c1-26-23-30(37(38)39)19-13-27(26)16-20-31-24-33-34(41-31)25-32(42-33)28-14-17-29(18-15-28)36(5)21-11-9-8-10-12-22-40-43(6,7)35(2,3)4/h13-20,23-25H,8-12,21-22H2,1-7H3/b20-16+. The zero-order valence-electron chi connectivity index (χ0n) is 26.7. The summed E-state index contributed by atoms with van der Waals surface area (Å²) in [6, 6.07) is 18.5. The number of non-ortho nitro benzene ring substituents is 1. The second-order valence-electron chi connectivity index (χ2n) is 13.0. The molecule has 2 aromatic carbocycles. The van der Waals surface area contributed by atoms with E-state index in [9.17, 15) is 10.1 Å². The summed E-state index contributed by atoms with van der Waals surface area (Å²) in [5, 5.41) is 11.3. The van der Waals surface area contributed by atoms with Gasteiger partial charge in [-0.3, -0.25) is 10.1 Å². The Balaban J connectivity index is 1.22.